The molecule has 0 unspecified atom stereocenters. The highest BCUT2D eigenvalue weighted by atomic mass is 19.1. The molecule has 0 saturated carbocycles. The molecule has 6 aromatic rings. The number of nitrogens with two attached hydrogens (primary N) is 1. The van der Waals surface area contributed by atoms with E-state index >= 15 is 0 Å². The maximum atomic E-state index is 14.6. The number of aliphatic hydroxyl groups excluding tert-OH is 2. The number of likely N-dealkylation sites (tertiary alicyclic amines) is 2. The summed E-state index contributed by atoms with van der Waals surface area (Å²) in [6.45, 7) is 5.90. The van der Waals surface area contributed by atoms with Gasteiger partial charge in [-0.2, -0.15) is 0 Å². The molecule has 386 valence electrons. The molecule has 4 aliphatic rings. The summed E-state index contributed by atoms with van der Waals surface area (Å²) in [5.74, 6) is -3.88. The largest absolute Gasteiger partial charge is 0.486 e. The van der Waals surface area contributed by atoms with Gasteiger partial charge >= 0.3 is 5.97 Å². The molecule has 0 aliphatic carbocycles. The Kier molecular flexibility index (Phi) is 17.6. The molecule has 4 heterocycles. The van der Waals surface area contributed by atoms with Gasteiger partial charge in [-0.3, -0.25) is 14.4 Å². The molecule has 6 N–H and O–H groups in total. The summed E-state index contributed by atoms with van der Waals surface area (Å²) < 4.78 is 49.9. The molecule has 0 bridgehead atoms. The van der Waals surface area contributed by atoms with Crippen LogP contribution in [-0.2, 0) is 32.0 Å². The van der Waals surface area contributed by atoms with Crippen molar-refractivity contribution in [1.82, 2.24) is 15.1 Å². The third-order valence-electron chi connectivity index (χ3n) is 13.2. The lowest BCUT2D eigenvalue weighted by Crippen LogP contribution is -2.52. The first-order valence-electron chi connectivity index (χ1n) is 24.6. The number of fused-ring (bicyclic) bond motifs is 4. The number of hydrogen-bond acceptors (Lipinski definition) is 13. The fourth-order valence-corrected chi connectivity index (χ4v) is 8.89. The molecule has 2 saturated heterocycles. The second-order valence-corrected chi connectivity index (χ2v) is 18.5. The Morgan fingerprint density at radius 1 is 0.589 bits per heavy atom. The van der Waals surface area contributed by atoms with E-state index in [1.165, 1.54) is 24.6 Å². The normalized spacial score (nSPS) is 16.5. The van der Waals surface area contributed by atoms with Crippen molar-refractivity contribution in [2.75, 3.05) is 65.7 Å². The average molecular weight is 1010 g/mol. The standard InChI is InChI=1S/C28H29FN2O5.C14H19FN2O3.C14H12O3.H2/c29-22-15-21(16-25-27(22)36-13-12-35-25)26(33)23(17-31-10-3-11-31)30-28(34)24(32)9-7-18-6-8-19-4-1-2-5-20(19)14-18;15-10-6-9(7-12-14(10)20-5-4-19-12)13(18)11(16)8-17-2-1-3-17;15-13(14(16)17)8-6-10-5-7-11-3-1-2-4-12(11)9-10;/h1-2,4-6,8,14-16,23,26,33H,3,7,9-13,17H2,(H,30,34);6-7,11,13,18H,1-5,8,16H2;1-5,7,9H,6,8H2,(H,16,17);1H/t23-,26-;11-,13-;;/m11../s1. The number of carbonyl (C=O) groups excluding carboxylic acids is 3. The summed E-state index contributed by atoms with van der Waals surface area (Å²) in [6, 6.07) is 32.1. The summed E-state index contributed by atoms with van der Waals surface area (Å²) in [5, 5.41) is 37.0. The van der Waals surface area contributed by atoms with Crippen LogP contribution in [0.2, 0.25) is 0 Å². The summed E-state index contributed by atoms with van der Waals surface area (Å²) in [7, 11) is 0. The van der Waals surface area contributed by atoms with Gasteiger partial charge in [0.1, 0.15) is 32.5 Å². The predicted molar refractivity (Wildman–Crippen MR) is 271 cm³/mol. The Balaban J connectivity index is 0.000000178. The zero-order valence-corrected chi connectivity index (χ0v) is 40.4. The number of benzene rings is 6. The number of carboxylic acids is 1. The lowest BCUT2D eigenvalue weighted by molar-refractivity contribution is -0.149. The number of aliphatic carboxylic acids is 1. The maximum Gasteiger partial charge on any atom is 0.372 e. The van der Waals surface area contributed by atoms with Gasteiger partial charge in [0.15, 0.2) is 34.6 Å². The molecule has 6 aromatic carbocycles. The van der Waals surface area contributed by atoms with Crippen LogP contribution < -0.4 is 30.0 Å². The topological polar surface area (TPSA) is 210 Å². The molecule has 1 amide bonds. The highest BCUT2D eigenvalue weighted by molar-refractivity contribution is 6.36. The highest BCUT2D eigenvalue weighted by Gasteiger charge is 2.32. The van der Waals surface area contributed by atoms with Crippen LogP contribution >= 0.6 is 0 Å². The molecule has 0 spiro atoms. The first-order chi connectivity index (χ1) is 35.3. The van der Waals surface area contributed by atoms with E-state index in [0.717, 1.165) is 65.3 Å². The van der Waals surface area contributed by atoms with Crippen LogP contribution in [0.3, 0.4) is 0 Å². The van der Waals surface area contributed by atoms with E-state index in [-0.39, 0.29) is 50.3 Å². The van der Waals surface area contributed by atoms with Crippen molar-refractivity contribution in [2.24, 2.45) is 5.73 Å². The molecule has 15 nitrogen and oxygen atoms in total. The second-order valence-electron chi connectivity index (χ2n) is 18.5. The average Bonchev–Trinajstić information content (AvgIpc) is 3.38. The molecule has 2 fully saturated rings. The van der Waals surface area contributed by atoms with E-state index in [0.29, 0.717) is 50.5 Å². The fraction of sp³-hybridized carbons (Fsp3) is 0.357. The van der Waals surface area contributed by atoms with Crippen LogP contribution in [0.5, 0.6) is 23.0 Å². The molecule has 4 atom stereocenters. The molecule has 0 radical (unpaired) electrons. The second kappa shape index (κ2) is 24.6. The van der Waals surface area contributed by atoms with Gasteiger partial charge in [-0.1, -0.05) is 84.9 Å². The van der Waals surface area contributed by atoms with E-state index in [1.54, 1.807) is 6.07 Å². The van der Waals surface area contributed by atoms with Crippen LogP contribution in [0.1, 0.15) is 61.6 Å². The summed E-state index contributed by atoms with van der Waals surface area (Å²) in [4.78, 5) is 51.1. The zero-order valence-electron chi connectivity index (χ0n) is 40.4. The number of aliphatic hydroxyl groups is 2. The number of nitrogens with one attached hydrogen (secondary N) is 1. The van der Waals surface area contributed by atoms with Gasteiger partial charge in [0.05, 0.1) is 12.1 Å². The number of carbonyl (C=O) groups is 4. The van der Waals surface area contributed by atoms with E-state index < -0.39 is 59.4 Å². The Morgan fingerprint density at radius 2 is 1.04 bits per heavy atom. The maximum absolute atomic E-state index is 14.6. The van der Waals surface area contributed by atoms with Crippen LogP contribution in [0.15, 0.2) is 109 Å². The van der Waals surface area contributed by atoms with Crippen LogP contribution in [0, 0.1) is 11.6 Å². The summed E-state index contributed by atoms with van der Waals surface area (Å²) in [6.07, 6.45) is 1.05. The van der Waals surface area contributed by atoms with Gasteiger partial charge in [0, 0.05) is 33.4 Å². The molecule has 4 aliphatic heterocycles. The van der Waals surface area contributed by atoms with Gasteiger partial charge in [0.2, 0.25) is 11.6 Å². The molecular formula is C56H62F2N4O11. The molecule has 73 heavy (non-hydrogen) atoms. The van der Waals surface area contributed by atoms with E-state index in [2.05, 4.69) is 15.1 Å². The third-order valence-corrected chi connectivity index (χ3v) is 13.2. The Morgan fingerprint density at radius 3 is 1.52 bits per heavy atom. The number of Topliss-reactive ketones (excluding diaryl/α,β-unsaturated/α-hetero) is 2. The minimum Gasteiger partial charge on any atom is -0.486 e. The first kappa shape index (κ1) is 52.3. The van der Waals surface area contributed by atoms with Crippen molar-refractivity contribution in [3.8, 4) is 23.0 Å². The van der Waals surface area contributed by atoms with Crippen molar-refractivity contribution < 1.29 is 63.7 Å². The number of rotatable bonds is 17. The van der Waals surface area contributed by atoms with Crippen molar-refractivity contribution in [3.05, 3.63) is 143 Å². The number of nitrogens with zero attached hydrogens (tertiary/aromatic N) is 2. The van der Waals surface area contributed by atoms with Gasteiger partial charge in [-0.15, -0.1) is 0 Å². The summed E-state index contributed by atoms with van der Waals surface area (Å²) >= 11 is 0. The van der Waals surface area contributed by atoms with E-state index in [4.69, 9.17) is 29.8 Å². The molecule has 0 aromatic heterocycles. The first-order valence-corrected chi connectivity index (χ1v) is 24.6. The van der Waals surface area contributed by atoms with Crippen molar-refractivity contribution in [2.45, 2.75) is 62.8 Å². The minimum atomic E-state index is -1.36. The minimum absolute atomic E-state index is 0. The van der Waals surface area contributed by atoms with Crippen molar-refractivity contribution >= 4 is 45.0 Å². The molecular weight excluding hydrogens is 943 g/mol. The number of carboxylic acid groups (broad SMARTS) is 1. The Bertz CT molecular complexity index is 2940. The number of amides is 1. The smallest absolute Gasteiger partial charge is 0.372 e. The van der Waals surface area contributed by atoms with E-state index in [1.807, 2.05) is 84.9 Å². The highest BCUT2D eigenvalue weighted by Crippen LogP contribution is 2.38. The third kappa shape index (κ3) is 13.7. The predicted octanol–water partition coefficient (Wildman–Crippen LogP) is 6.51. The number of hydrogen-bond donors (Lipinski definition) is 5. The number of ketones is 2. The number of halogens is 2. The lowest BCUT2D eigenvalue weighted by Gasteiger charge is -2.36. The SMILES string of the molecule is N[C@H](CN1CCC1)[C@H](O)c1cc(F)c2c(c1)OCCO2.O=C(CCc1ccc2ccccc2c1)C(=O)N[C@H](CN1CCC1)[C@H](O)c1cc(F)c2c(c1)OCCO2.O=C(O)C(=O)CCc1ccc2ccccc2c1.[HH]. The van der Waals surface area contributed by atoms with Crippen LogP contribution in [0.25, 0.3) is 21.5 Å². The quantitative estimate of drug-likeness (QED) is 0.0618. The van der Waals surface area contributed by atoms with Gasteiger partial charge < -0.3 is 55.1 Å². The van der Waals surface area contributed by atoms with E-state index in [9.17, 15) is 38.2 Å². The van der Waals surface area contributed by atoms with Crippen LogP contribution in [0.4, 0.5) is 8.78 Å². The zero-order chi connectivity index (χ0) is 51.4. The van der Waals surface area contributed by atoms with Gasteiger partial charge in [-0.05, 0) is 120 Å². The molecule has 17 heteroatoms. The van der Waals surface area contributed by atoms with Crippen molar-refractivity contribution in [3.63, 3.8) is 0 Å². The monoisotopic (exact) mass is 1000 g/mol. The number of ether oxygens (including phenoxy) is 4. The Hall–Kier alpha value is -7.02. The van der Waals surface area contributed by atoms with Gasteiger partial charge in [-0.25, -0.2) is 13.6 Å². The van der Waals surface area contributed by atoms with Gasteiger partial charge in [0.25, 0.3) is 5.91 Å². The lowest BCUT2D eigenvalue weighted by atomic mass is 9.98. The number of aryl methyl sites for hydroxylation is 2. The Labute approximate surface area is 422 Å². The van der Waals surface area contributed by atoms with Crippen molar-refractivity contribution in [1.29, 1.82) is 0 Å². The van der Waals surface area contributed by atoms with Crippen LogP contribution in [-0.4, -0.2) is 126 Å². The molecule has 10 rings (SSSR count). The fourth-order valence-electron chi connectivity index (χ4n) is 8.89. The summed E-state index contributed by atoms with van der Waals surface area (Å²) in [5.41, 5.74) is 8.64.